The van der Waals surface area contributed by atoms with Gasteiger partial charge in [0.25, 0.3) is 5.91 Å². The van der Waals surface area contributed by atoms with Crippen molar-refractivity contribution in [3.8, 4) is 5.75 Å². The van der Waals surface area contributed by atoms with Crippen LogP contribution in [-0.2, 0) is 16.1 Å². The highest BCUT2D eigenvalue weighted by Crippen LogP contribution is 2.33. The van der Waals surface area contributed by atoms with Crippen LogP contribution in [0.3, 0.4) is 0 Å². The lowest BCUT2D eigenvalue weighted by Gasteiger charge is -2.33. The molecule has 9 heteroatoms. The quantitative estimate of drug-likeness (QED) is 0.494. The molecule has 8 nitrogen and oxygen atoms in total. The number of carboxylic acid groups (broad SMARTS) is 1. The summed E-state index contributed by atoms with van der Waals surface area (Å²) >= 11 is 5.99. The van der Waals surface area contributed by atoms with Gasteiger partial charge in [-0.05, 0) is 75.5 Å². The first-order valence-electron chi connectivity index (χ1n) is 11.2. The van der Waals surface area contributed by atoms with Gasteiger partial charge in [0.1, 0.15) is 17.8 Å². The van der Waals surface area contributed by atoms with Crippen molar-refractivity contribution >= 4 is 35.1 Å². The summed E-state index contributed by atoms with van der Waals surface area (Å²) in [5.41, 5.74) is 5.38. The lowest BCUT2D eigenvalue weighted by molar-refractivity contribution is -0.148. The molecule has 0 aromatic heterocycles. The van der Waals surface area contributed by atoms with E-state index in [4.69, 9.17) is 22.1 Å². The average molecular weight is 488 g/mol. The zero-order valence-electron chi connectivity index (χ0n) is 19.4. The standard InChI is InChI=1S/C25H30ClN3O5/c1-25(2,24(32)33)29-16-22(30)28(15-17-6-8-18(26)9-7-17)21-11-10-19(14-20(21)23(29)31)34-13-5-3-4-12-27/h6-11,14H,3-5,12-13,15-16,27H2,1-2H3,(H,32,33). The molecule has 3 N–H and O–H groups in total. The Morgan fingerprint density at radius 3 is 2.47 bits per heavy atom. The smallest absolute Gasteiger partial charge is 0.329 e. The fraction of sp³-hybridized carbons (Fsp3) is 0.400. The third kappa shape index (κ3) is 5.69. The summed E-state index contributed by atoms with van der Waals surface area (Å²) in [6.45, 7) is 3.75. The molecule has 1 heterocycles. The number of halogens is 1. The Morgan fingerprint density at radius 1 is 1.12 bits per heavy atom. The van der Waals surface area contributed by atoms with E-state index in [-0.39, 0.29) is 24.6 Å². The van der Waals surface area contributed by atoms with Gasteiger partial charge in [0.05, 0.1) is 24.4 Å². The van der Waals surface area contributed by atoms with E-state index >= 15 is 0 Å². The number of nitrogens with zero attached hydrogens (tertiary/aromatic N) is 2. The number of carbonyl (C=O) groups is 3. The van der Waals surface area contributed by atoms with Crippen LogP contribution in [0.4, 0.5) is 5.69 Å². The van der Waals surface area contributed by atoms with Crippen LogP contribution in [0.15, 0.2) is 42.5 Å². The lowest BCUT2D eigenvalue weighted by Crippen LogP contribution is -2.55. The van der Waals surface area contributed by atoms with Gasteiger partial charge in [-0.3, -0.25) is 9.59 Å². The number of amides is 2. The van der Waals surface area contributed by atoms with Crippen molar-refractivity contribution in [1.82, 2.24) is 4.90 Å². The second-order valence-electron chi connectivity index (χ2n) is 8.74. The zero-order chi connectivity index (χ0) is 24.9. The zero-order valence-corrected chi connectivity index (χ0v) is 20.2. The molecule has 1 aliphatic heterocycles. The summed E-state index contributed by atoms with van der Waals surface area (Å²) in [6.07, 6.45) is 2.67. The molecule has 0 fully saturated rings. The Hall–Kier alpha value is -3.10. The highest BCUT2D eigenvalue weighted by atomic mass is 35.5. The summed E-state index contributed by atoms with van der Waals surface area (Å²) in [4.78, 5) is 41.4. The van der Waals surface area contributed by atoms with Crippen LogP contribution in [0.5, 0.6) is 5.75 Å². The Labute approximate surface area is 204 Å². The van der Waals surface area contributed by atoms with Crippen molar-refractivity contribution < 1.29 is 24.2 Å². The predicted octanol–water partition coefficient (Wildman–Crippen LogP) is 3.70. The van der Waals surface area contributed by atoms with Crippen LogP contribution in [0, 0.1) is 0 Å². The van der Waals surface area contributed by atoms with Gasteiger partial charge in [0.15, 0.2) is 0 Å². The molecule has 0 saturated carbocycles. The van der Waals surface area contributed by atoms with Crippen molar-refractivity contribution in [2.75, 3.05) is 24.6 Å². The molecule has 0 atom stereocenters. The van der Waals surface area contributed by atoms with E-state index in [2.05, 4.69) is 0 Å². The topological polar surface area (TPSA) is 113 Å². The molecule has 1 aliphatic rings. The Balaban J connectivity index is 1.98. The second-order valence-corrected chi connectivity index (χ2v) is 9.18. The fourth-order valence-electron chi connectivity index (χ4n) is 3.71. The summed E-state index contributed by atoms with van der Waals surface area (Å²) in [5, 5.41) is 10.3. The molecule has 2 amide bonds. The molecule has 0 bridgehead atoms. The van der Waals surface area contributed by atoms with Crippen LogP contribution >= 0.6 is 11.6 Å². The molecular formula is C25H30ClN3O5. The Bertz CT molecular complexity index is 1060. The number of carboxylic acids is 1. The average Bonchev–Trinajstić information content (AvgIpc) is 2.90. The SMILES string of the molecule is CC(C)(C(=O)O)N1CC(=O)N(Cc2ccc(Cl)cc2)c2ccc(OCCCCCN)cc2C1=O. The van der Waals surface area contributed by atoms with E-state index in [1.807, 2.05) is 0 Å². The molecule has 34 heavy (non-hydrogen) atoms. The highest BCUT2D eigenvalue weighted by molar-refractivity contribution is 6.30. The molecule has 2 aromatic rings. The predicted molar refractivity (Wildman–Crippen MR) is 130 cm³/mol. The third-order valence-electron chi connectivity index (χ3n) is 5.90. The minimum atomic E-state index is -1.58. The number of hydrogen-bond acceptors (Lipinski definition) is 5. The third-order valence-corrected chi connectivity index (χ3v) is 6.15. The largest absolute Gasteiger partial charge is 0.494 e. The molecule has 0 aliphatic carbocycles. The Kier molecular flexibility index (Phi) is 8.17. The maximum atomic E-state index is 13.5. The number of nitrogens with two attached hydrogens (primary N) is 1. The number of rotatable bonds is 10. The molecule has 0 unspecified atom stereocenters. The summed E-state index contributed by atoms with van der Waals surface area (Å²) < 4.78 is 5.82. The number of carbonyl (C=O) groups excluding carboxylic acids is 2. The van der Waals surface area contributed by atoms with Crippen LogP contribution in [0.25, 0.3) is 0 Å². The van der Waals surface area contributed by atoms with Crippen molar-refractivity contribution in [2.24, 2.45) is 5.73 Å². The van der Waals surface area contributed by atoms with E-state index in [1.54, 1.807) is 42.5 Å². The van der Waals surface area contributed by atoms with Gasteiger partial charge in [-0.1, -0.05) is 23.7 Å². The molecule has 182 valence electrons. The molecule has 2 aromatic carbocycles. The normalized spacial score (nSPS) is 14.1. The van der Waals surface area contributed by atoms with Crippen molar-refractivity contribution in [2.45, 2.75) is 45.2 Å². The number of benzene rings is 2. The van der Waals surface area contributed by atoms with E-state index < -0.39 is 17.4 Å². The van der Waals surface area contributed by atoms with Crippen LogP contribution in [0.1, 0.15) is 49.0 Å². The van der Waals surface area contributed by atoms with Crippen molar-refractivity contribution in [3.05, 3.63) is 58.6 Å². The van der Waals surface area contributed by atoms with Gasteiger partial charge in [-0.2, -0.15) is 0 Å². The minimum absolute atomic E-state index is 0.205. The van der Waals surface area contributed by atoms with Crippen LogP contribution in [0.2, 0.25) is 5.02 Å². The number of unbranched alkanes of at least 4 members (excludes halogenated alkanes) is 2. The number of aliphatic carboxylic acids is 1. The number of fused-ring (bicyclic) bond motifs is 1. The van der Waals surface area contributed by atoms with Gasteiger partial charge in [0.2, 0.25) is 5.91 Å². The first-order valence-corrected chi connectivity index (χ1v) is 11.6. The van der Waals surface area contributed by atoms with E-state index in [0.717, 1.165) is 29.7 Å². The molecule has 0 radical (unpaired) electrons. The van der Waals surface area contributed by atoms with Crippen LogP contribution < -0.4 is 15.4 Å². The van der Waals surface area contributed by atoms with Gasteiger partial charge in [-0.25, -0.2) is 4.79 Å². The highest BCUT2D eigenvalue weighted by Gasteiger charge is 2.43. The van der Waals surface area contributed by atoms with Gasteiger partial charge in [-0.15, -0.1) is 0 Å². The summed E-state index contributed by atoms with van der Waals surface area (Å²) in [5.74, 6) is -1.64. The van der Waals surface area contributed by atoms with Gasteiger partial charge < -0.3 is 25.4 Å². The Morgan fingerprint density at radius 2 is 1.82 bits per heavy atom. The van der Waals surface area contributed by atoms with E-state index in [9.17, 15) is 19.5 Å². The maximum absolute atomic E-state index is 13.5. The molecule has 0 spiro atoms. The fourth-order valence-corrected chi connectivity index (χ4v) is 3.84. The monoisotopic (exact) mass is 487 g/mol. The maximum Gasteiger partial charge on any atom is 0.329 e. The number of anilines is 1. The molecule has 3 rings (SSSR count). The second kappa shape index (κ2) is 10.9. The van der Waals surface area contributed by atoms with E-state index in [1.165, 1.54) is 18.7 Å². The lowest BCUT2D eigenvalue weighted by atomic mass is 10.0. The van der Waals surface area contributed by atoms with Gasteiger partial charge in [0, 0.05) is 5.02 Å². The minimum Gasteiger partial charge on any atom is -0.494 e. The molecular weight excluding hydrogens is 458 g/mol. The van der Waals surface area contributed by atoms with Gasteiger partial charge >= 0.3 is 5.97 Å². The number of ether oxygens (including phenoxy) is 1. The first-order chi connectivity index (χ1) is 16.1. The van der Waals surface area contributed by atoms with Crippen LogP contribution in [-0.4, -0.2) is 53.0 Å². The van der Waals surface area contributed by atoms with Crippen molar-refractivity contribution in [3.63, 3.8) is 0 Å². The summed E-state index contributed by atoms with van der Waals surface area (Å²) in [7, 11) is 0. The summed E-state index contributed by atoms with van der Waals surface area (Å²) in [6, 6.07) is 12.0. The van der Waals surface area contributed by atoms with Crippen molar-refractivity contribution in [1.29, 1.82) is 0 Å². The molecule has 0 saturated heterocycles. The number of hydrogen-bond donors (Lipinski definition) is 2. The first kappa shape index (κ1) is 25.5. The van der Waals surface area contributed by atoms with E-state index in [0.29, 0.717) is 29.6 Å².